The minimum Gasteiger partial charge on any atom is -0.454 e. The van der Waals surface area contributed by atoms with Crippen LogP contribution in [0.2, 0.25) is 0 Å². The van der Waals surface area contributed by atoms with Crippen molar-refractivity contribution in [2.75, 3.05) is 39.3 Å². The van der Waals surface area contributed by atoms with Crippen LogP contribution in [0, 0.1) is 6.92 Å². The van der Waals surface area contributed by atoms with Crippen LogP contribution in [-0.2, 0) is 10.2 Å². The molecule has 5 rings (SSSR count). The van der Waals surface area contributed by atoms with Gasteiger partial charge in [-0.2, -0.15) is 0 Å². The van der Waals surface area contributed by atoms with Gasteiger partial charge in [0.25, 0.3) is 5.91 Å². The van der Waals surface area contributed by atoms with Gasteiger partial charge < -0.3 is 25.0 Å². The molecule has 2 aliphatic rings. The molecule has 3 aromatic rings. The number of benzene rings is 3. The lowest BCUT2D eigenvalue weighted by atomic mass is 9.94. The summed E-state index contributed by atoms with van der Waals surface area (Å²) < 4.78 is 10.9. The molecule has 1 aliphatic heterocycles. The Kier molecular flexibility index (Phi) is 6.41. The molecule has 0 atom stereocenters. The summed E-state index contributed by atoms with van der Waals surface area (Å²) in [5.74, 6) is 1.31. The first-order valence-electron chi connectivity index (χ1n) is 12.2. The van der Waals surface area contributed by atoms with E-state index in [0.717, 1.165) is 53.1 Å². The van der Waals surface area contributed by atoms with Crippen LogP contribution in [0.3, 0.4) is 0 Å². The number of fused-ring (bicyclic) bond motifs is 1. The van der Waals surface area contributed by atoms with E-state index in [4.69, 9.17) is 9.47 Å². The fourth-order valence-electron chi connectivity index (χ4n) is 4.52. The number of carbonyl (C=O) groups is 2. The predicted molar refractivity (Wildman–Crippen MR) is 140 cm³/mol. The number of hydrogen-bond donors (Lipinski definition) is 2. The third-order valence-corrected chi connectivity index (χ3v) is 6.91. The minimum absolute atomic E-state index is 0.0130. The van der Waals surface area contributed by atoms with Crippen molar-refractivity contribution in [3.05, 3.63) is 77.4 Å². The summed E-state index contributed by atoms with van der Waals surface area (Å²) in [7, 11) is 3.95. The molecule has 36 heavy (non-hydrogen) atoms. The molecule has 0 saturated heterocycles. The number of hydrogen-bond acceptors (Lipinski definition) is 5. The van der Waals surface area contributed by atoms with Crippen LogP contribution in [-0.4, -0.2) is 50.7 Å². The van der Waals surface area contributed by atoms with Crippen LogP contribution >= 0.6 is 0 Å². The number of rotatable bonds is 8. The molecule has 1 saturated carbocycles. The molecule has 2 N–H and O–H groups in total. The Morgan fingerprint density at radius 3 is 2.42 bits per heavy atom. The highest BCUT2D eigenvalue weighted by Gasteiger charge is 2.51. The number of amides is 2. The summed E-state index contributed by atoms with van der Waals surface area (Å²) in [6.45, 7) is 3.64. The highest BCUT2D eigenvalue weighted by molar-refractivity contribution is 6.02. The normalized spacial score (nSPS) is 15.0. The summed E-state index contributed by atoms with van der Waals surface area (Å²) in [5.41, 5.74) is 4.89. The molecule has 0 bridgehead atoms. The standard InChI is InChI=1S/C29H31N3O4/c1-19-4-10-23(17-24(19)20-5-7-21(8-6-20)27(33)30-14-15-32(2)3)31-28(34)29(12-13-29)22-9-11-25-26(16-22)36-18-35-25/h4-11,16-17H,12-15,18H2,1-3H3,(H,30,33)(H,31,34). The average Bonchev–Trinajstić information content (AvgIpc) is 3.56. The van der Waals surface area contributed by atoms with Gasteiger partial charge in [-0.3, -0.25) is 9.59 Å². The van der Waals surface area contributed by atoms with Gasteiger partial charge in [-0.25, -0.2) is 0 Å². The number of nitrogens with zero attached hydrogens (tertiary/aromatic N) is 1. The van der Waals surface area contributed by atoms with E-state index in [1.165, 1.54) is 0 Å². The monoisotopic (exact) mass is 485 g/mol. The van der Waals surface area contributed by atoms with E-state index in [1.54, 1.807) is 0 Å². The van der Waals surface area contributed by atoms with Crippen molar-refractivity contribution in [1.82, 2.24) is 10.2 Å². The fraction of sp³-hybridized carbons (Fsp3) is 0.310. The van der Waals surface area contributed by atoms with Crippen molar-refractivity contribution >= 4 is 17.5 Å². The minimum atomic E-state index is -0.534. The van der Waals surface area contributed by atoms with E-state index in [-0.39, 0.29) is 18.6 Å². The van der Waals surface area contributed by atoms with Gasteiger partial charge in [-0.1, -0.05) is 24.3 Å². The molecule has 1 aliphatic carbocycles. The molecular formula is C29H31N3O4. The Labute approximate surface area is 211 Å². The van der Waals surface area contributed by atoms with Crippen LogP contribution in [0.4, 0.5) is 5.69 Å². The maximum absolute atomic E-state index is 13.3. The molecule has 186 valence electrons. The number of carbonyl (C=O) groups excluding carboxylic acids is 2. The largest absolute Gasteiger partial charge is 0.454 e. The number of ether oxygens (including phenoxy) is 2. The number of aryl methyl sites for hydroxylation is 1. The molecule has 7 nitrogen and oxygen atoms in total. The molecule has 2 amide bonds. The molecular weight excluding hydrogens is 454 g/mol. The van der Waals surface area contributed by atoms with Gasteiger partial charge >= 0.3 is 0 Å². The van der Waals surface area contributed by atoms with Crippen LogP contribution < -0.4 is 20.1 Å². The number of anilines is 1. The van der Waals surface area contributed by atoms with Crippen LogP contribution in [0.15, 0.2) is 60.7 Å². The lowest BCUT2D eigenvalue weighted by Gasteiger charge is -2.17. The third-order valence-electron chi connectivity index (χ3n) is 6.91. The van der Waals surface area contributed by atoms with Crippen molar-refractivity contribution in [2.45, 2.75) is 25.2 Å². The van der Waals surface area contributed by atoms with Gasteiger partial charge in [0.2, 0.25) is 12.7 Å². The maximum Gasteiger partial charge on any atom is 0.251 e. The van der Waals surface area contributed by atoms with E-state index >= 15 is 0 Å². The zero-order chi connectivity index (χ0) is 25.3. The second-order valence-corrected chi connectivity index (χ2v) is 9.77. The van der Waals surface area contributed by atoms with Crippen LogP contribution in [0.25, 0.3) is 11.1 Å². The van der Waals surface area contributed by atoms with Crippen molar-refractivity contribution in [3.63, 3.8) is 0 Å². The smallest absolute Gasteiger partial charge is 0.251 e. The SMILES string of the molecule is Cc1ccc(NC(=O)C2(c3ccc4c(c3)OCO4)CC2)cc1-c1ccc(C(=O)NCCN(C)C)cc1. The fourth-order valence-corrected chi connectivity index (χ4v) is 4.52. The van der Waals surface area contributed by atoms with Crippen LogP contribution in [0.5, 0.6) is 11.5 Å². The lowest BCUT2D eigenvalue weighted by molar-refractivity contribution is -0.118. The van der Waals surface area contributed by atoms with E-state index in [2.05, 4.69) is 10.6 Å². The highest BCUT2D eigenvalue weighted by Crippen LogP contribution is 2.51. The second kappa shape index (κ2) is 9.66. The van der Waals surface area contributed by atoms with Crippen molar-refractivity contribution in [2.24, 2.45) is 0 Å². The second-order valence-electron chi connectivity index (χ2n) is 9.77. The quantitative estimate of drug-likeness (QED) is 0.496. The molecule has 7 heteroatoms. The molecule has 0 spiro atoms. The third kappa shape index (κ3) is 4.79. The Morgan fingerprint density at radius 2 is 1.69 bits per heavy atom. The highest BCUT2D eigenvalue weighted by atomic mass is 16.7. The zero-order valence-electron chi connectivity index (χ0n) is 20.9. The van der Waals surface area contributed by atoms with Gasteiger partial charge in [-0.15, -0.1) is 0 Å². The summed E-state index contributed by atoms with van der Waals surface area (Å²) in [6, 6.07) is 19.3. The summed E-state index contributed by atoms with van der Waals surface area (Å²) in [6.07, 6.45) is 1.60. The lowest BCUT2D eigenvalue weighted by Crippen LogP contribution is -2.31. The molecule has 0 unspecified atom stereocenters. The summed E-state index contributed by atoms with van der Waals surface area (Å²) >= 11 is 0. The first-order valence-corrected chi connectivity index (χ1v) is 12.2. The van der Waals surface area contributed by atoms with Crippen molar-refractivity contribution < 1.29 is 19.1 Å². The van der Waals surface area contributed by atoms with Crippen molar-refractivity contribution in [3.8, 4) is 22.6 Å². The Morgan fingerprint density at radius 1 is 0.944 bits per heavy atom. The first-order chi connectivity index (χ1) is 17.4. The van der Waals surface area contributed by atoms with E-state index < -0.39 is 5.41 Å². The summed E-state index contributed by atoms with van der Waals surface area (Å²) in [4.78, 5) is 27.8. The van der Waals surface area contributed by atoms with Gasteiger partial charge in [0, 0.05) is 24.3 Å². The van der Waals surface area contributed by atoms with E-state index in [9.17, 15) is 9.59 Å². The van der Waals surface area contributed by atoms with Gasteiger partial charge in [0.05, 0.1) is 5.41 Å². The molecule has 3 aromatic carbocycles. The predicted octanol–water partition coefficient (Wildman–Crippen LogP) is 4.35. The topological polar surface area (TPSA) is 79.9 Å². The maximum atomic E-state index is 13.3. The van der Waals surface area contributed by atoms with Crippen LogP contribution in [0.1, 0.15) is 34.3 Å². The average molecular weight is 486 g/mol. The van der Waals surface area contributed by atoms with Gasteiger partial charge in [0.15, 0.2) is 11.5 Å². The summed E-state index contributed by atoms with van der Waals surface area (Å²) in [5, 5.41) is 6.07. The Balaban J connectivity index is 1.30. The van der Waals surface area contributed by atoms with E-state index in [1.807, 2.05) is 86.6 Å². The Hall–Kier alpha value is -3.84. The Bertz CT molecular complexity index is 1300. The first kappa shape index (κ1) is 23.9. The van der Waals surface area contributed by atoms with Gasteiger partial charge in [-0.05, 0) is 92.5 Å². The molecule has 1 heterocycles. The van der Waals surface area contributed by atoms with Gasteiger partial charge in [0.1, 0.15) is 0 Å². The number of nitrogens with one attached hydrogen (secondary N) is 2. The molecule has 0 radical (unpaired) electrons. The molecule has 0 aromatic heterocycles. The zero-order valence-corrected chi connectivity index (χ0v) is 20.9. The van der Waals surface area contributed by atoms with Crippen molar-refractivity contribution in [1.29, 1.82) is 0 Å². The van der Waals surface area contributed by atoms with E-state index in [0.29, 0.717) is 17.9 Å². The number of likely N-dealkylation sites (N-methyl/N-ethyl adjacent to an activating group) is 1. The molecule has 1 fully saturated rings.